The van der Waals surface area contributed by atoms with Crippen LogP contribution in [0.15, 0.2) is 28.7 Å². The van der Waals surface area contributed by atoms with Crippen LogP contribution in [0.1, 0.15) is 39.7 Å². The first-order chi connectivity index (χ1) is 8.72. The average molecular weight is 327 g/mol. The van der Waals surface area contributed by atoms with E-state index in [9.17, 15) is 4.79 Å². The fourth-order valence-corrected chi connectivity index (χ4v) is 2.22. The fraction of sp³-hybridized carbons (Fsp3) is 0.533. The molecule has 1 amide bonds. The molecular formula is C15H23BrN2O. The van der Waals surface area contributed by atoms with Crippen molar-refractivity contribution in [3.63, 3.8) is 0 Å². The quantitative estimate of drug-likeness (QED) is 0.873. The van der Waals surface area contributed by atoms with E-state index in [4.69, 9.17) is 5.73 Å². The highest BCUT2D eigenvalue weighted by atomic mass is 79.9. The van der Waals surface area contributed by atoms with E-state index in [-0.39, 0.29) is 5.91 Å². The van der Waals surface area contributed by atoms with Gasteiger partial charge in [-0.2, -0.15) is 0 Å². The van der Waals surface area contributed by atoms with Crippen molar-refractivity contribution in [1.82, 2.24) is 5.32 Å². The Morgan fingerprint density at radius 1 is 1.32 bits per heavy atom. The number of hydrogen-bond donors (Lipinski definition) is 2. The predicted octanol–water partition coefficient (Wildman–Crippen LogP) is 3.17. The van der Waals surface area contributed by atoms with Crippen LogP contribution >= 0.6 is 15.9 Å². The molecule has 0 spiro atoms. The van der Waals surface area contributed by atoms with Gasteiger partial charge in [0.2, 0.25) is 5.91 Å². The monoisotopic (exact) mass is 326 g/mol. The summed E-state index contributed by atoms with van der Waals surface area (Å²) in [5.41, 5.74) is 6.54. The fourth-order valence-electron chi connectivity index (χ4n) is 1.95. The number of halogens is 1. The number of rotatable bonds is 5. The molecule has 1 rings (SSSR count). The largest absolute Gasteiger partial charge is 0.346 e. The van der Waals surface area contributed by atoms with Crippen molar-refractivity contribution >= 4 is 21.8 Å². The molecule has 0 aliphatic carbocycles. The molecule has 0 saturated heterocycles. The Morgan fingerprint density at radius 2 is 1.84 bits per heavy atom. The number of nitrogens with two attached hydrogens (primary N) is 1. The standard InChI is InChI=1S/C15H23BrN2O/c1-10(2)9-13(17)14(19)18-15(3,4)11-5-7-12(16)8-6-11/h5-8,10,13H,9,17H2,1-4H3,(H,18,19)/t13-/m1/s1. The topological polar surface area (TPSA) is 55.1 Å². The first-order valence-electron chi connectivity index (χ1n) is 6.56. The molecule has 19 heavy (non-hydrogen) atoms. The zero-order chi connectivity index (χ0) is 14.6. The zero-order valence-electron chi connectivity index (χ0n) is 12.0. The van der Waals surface area contributed by atoms with Crippen LogP contribution in [0.4, 0.5) is 0 Å². The number of carbonyl (C=O) groups excluding carboxylic acids is 1. The number of nitrogens with one attached hydrogen (secondary N) is 1. The second-order valence-electron chi connectivity index (χ2n) is 5.86. The van der Waals surface area contributed by atoms with Crippen molar-refractivity contribution in [3.05, 3.63) is 34.3 Å². The Kier molecular flexibility index (Phi) is 5.56. The lowest BCUT2D eigenvalue weighted by Gasteiger charge is -2.29. The SMILES string of the molecule is CC(C)C[C@@H](N)C(=O)NC(C)(C)c1ccc(Br)cc1. The Morgan fingerprint density at radius 3 is 2.32 bits per heavy atom. The molecule has 3 N–H and O–H groups in total. The second kappa shape index (κ2) is 6.53. The van der Waals surface area contributed by atoms with Gasteiger partial charge in [0.25, 0.3) is 0 Å². The summed E-state index contributed by atoms with van der Waals surface area (Å²) in [6, 6.07) is 7.49. The molecule has 106 valence electrons. The molecule has 0 aliphatic rings. The Hall–Kier alpha value is -0.870. The summed E-state index contributed by atoms with van der Waals surface area (Å²) in [4.78, 5) is 12.1. The van der Waals surface area contributed by atoms with Crippen molar-refractivity contribution in [2.75, 3.05) is 0 Å². The summed E-state index contributed by atoms with van der Waals surface area (Å²) in [5.74, 6) is 0.318. The van der Waals surface area contributed by atoms with E-state index in [1.165, 1.54) is 0 Å². The molecule has 0 aliphatic heterocycles. The molecule has 0 saturated carbocycles. The van der Waals surface area contributed by atoms with Crippen molar-refractivity contribution in [2.45, 2.75) is 45.7 Å². The Bertz CT molecular complexity index is 426. The molecule has 1 aromatic carbocycles. The maximum Gasteiger partial charge on any atom is 0.237 e. The van der Waals surface area contributed by atoms with Gasteiger partial charge in [0.15, 0.2) is 0 Å². The zero-order valence-corrected chi connectivity index (χ0v) is 13.6. The summed E-state index contributed by atoms with van der Waals surface area (Å²) in [5, 5.41) is 3.02. The van der Waals surface area contributed by atoms with Gasteiger partial charge in [0, 0.05) is 4.47 Å². The molecule has 3 nitrogen and oxygen atoms in total. The average Bonchev–Trinajstić information content (AvgIpc) is 2.27. The van der Waals surface area contributed by atoms with Crippen molar-refractivity contribution < 1.29 is 4.79 Å². The summed E-state index contributed by atoms with van der Waals surface area (Å²) >= 11 is 3.41. The van der Waals surface area contributed by atoms with E-state index >= 15 is 0 Å². The summed E-state index contributed by atoms with van der Waals surface area (Å²) in [6.07, 6.45) is 0.697. The Balaban J connectivity index is 2.73. The van der Waals surface area contributed by atoms with E-state index in [0.29, 0.717) is 12.3 Å². The van der Waals surface area contributed by atoms with Gasteiger partial charge in [-0.25, -0.2) is 0 Å². The van der Waals surface area contributed by atoms with Crippen LogP contribution in [0.5, 0.6) is 0 Å². The smallest absolute Gasteiger partial charge is 0.237 e. The lowest BCUT2D eigenvalue weighted by molar-refractivity contribution is -0.124. The second-order valence-corrected chi connectivity index (χ2v) is 6.77. The van der Waals surface area contributed by atoms with Gasteiger partial charge >= 0.3 is 0 Å². The summed E-state index contributed by atoms with van der Waals surface area (Å²) in [7, 11) is 0. The van der Waals surface area contributed by atoms with Gasteiger partial charge in [-0.3, -0.25) is 4.79 Å². The molecule has 0 unspecified atom stereocenters. The highest BCUT2D eigenvalue weighted by Crippen LogP contribution is 2.22. The van der Waals surface area contributed by atoms with E-state index < -0.39 is 11.6 Å². The molecule has 0 fully saturated rings. The lowest BCUT2D eigenvalue weighted by Crippen LogP contribution is -2.49. The van der Waals surface area contributed by atoms with Gasteiger partial charge in [0.1, 0.15) is 0 Å². The molecule has 1 atom stereocenters. The van der Waals surface area contributed by atoms with Gasteiger partial charge in [-0.15, -0.1) is 0 Å². The summed E-state index contributed by atoms with van der Waals surface area (Å²) < 4.78 is 1.02. The Labute approximate surface area is 124 Å². The molecule has 4 heteroatoms. The maximum atomic E-state index is 12.1. The molecular weight excluding hydrogens is 304 g/mol. The minimum absolute atomic E-state index is 0.0957. The van der Waals surface area contributed by atoms with Crippen LogP contribution in [-0.4, -0.2) is 11.9 Å². The number of carbonyl (C=O) groups is 1. The van der Waals surface area contributed by atoms with Crippen molar-refractivity contribution in [2.24, 2.45) is 11.7 Å². The van der Waals surface area contributed by atoms with Gasteiger partial charge in [-0.05, 0) is 43.9 Å². The molecule has 0 bridgehead atoms. The lowest BCUT2D eigenvalue weighted by atomic mass is 9.93. The molecule has 0 aromatic heterocycles. The summed E-state index contributed by atoms with van der Waals surface area (Å²) in [6.45, 7) is 8.09. The van der Waals surface area contributed by atoms with Crippen LogP contribution in [0, 0.1) is 5.92 Å². The van der Waals surface area contributed by atoms with Gasteiger partial charge < -0.3 is 11.1 Å². The van der Waals surface area contributed by atoms with Gasteiger partial charge in [0.05, 0.1) is 11.6 Å². The van der Waals surface area contributed by atoms with E-state index in [1.54, 1.807) is 0 Å². The van der Waals surface area contributed by atoms with Crippen molar-refractivity contribution in [1.29, 1.82) is 0 Å². The molecule has 1 aromatic rings. The third kappa shape index (κ3) is 4.96. The first kappa shape index (κ1) is 16.2. The van der Waals surface area contributed by atoms with Crippen LogP contribution < -0.4 is 11.1 Å². The van der Waals surface area contributed by atoms with Gasteiger partial charge in [-0.1, -0.05) is 41.9 Å². The van der Waals surface area contributed by atoms with E-state index in [2.05, 4.69) is 35.1 Å². The maximum absolute atomic E-state index is 12.1. The minimum atomic E-state index is -0.449. The third-order valence-electron chi connectivity index (χ3n) is 3.06. The third-order valence-corrected chi connectivity index (χ3v) is 3.59. The van der Waals surface area contributed by atoms with E-state index in [0.717, 1.165) is 10.0 Å². The van der Waals surface area contributed by atoms with Crippen molar-refractivity contribution in [3.8, 4) is 0 Å². The molecule has 0 radical (unpaired) electrons. The predicted molar refractivity (Wildman–Crippen MR) is 82.7 cm³/mol. The normalized spacial score (nSPS) is 13.4. The minimum Gasteiger partial charge on any atom is -0.346 e. The highest BCUT2D eigenvalue weighted by Gasteiger charge is 2.25. The van der Waals surface area contributed by atoms with Crippen LogP contribution in [0.2, 0.25) is 0 Å². The van der Waals surface area contributed by atoms with Crippen LogP contribution in [-0.2, 0) is 10.3 Å². The van der Waals surface area contributed by atoms with E-state index in [1.807, 2.05) is 38.1 Å². The number of benzene rings is 1. The molecule has 0 heterocycles. The van der Waals surface area contributed by atoms with Crippen LogP contribution in [0.3, 0.4) is 0 Å². The number of hydrogen-bond acceptors (Lipinski definition) is 2. The van der Waals surface area contributed by atoms with Crippen LogP contribution in [0.25, 0.3) is 0 Å². The number of amides is 1. The first-order valence-corrected chi connectivity index (χ1v) is 7.35. The highest BCUT2D eigenvalue weighted by molar-refractivity contribution is 9.10.